The Labute approximate surface area is 187 Å². The molecule has 2 nitrogen and oxygen atoms in total. The van der Waals surface area contributed by atoms with Crippen molar-refractivity contribution in [2.45, 2.75) is 62.5 Å². The number of hydrogen-bond acceptors (Lipinski definition) is 0. The summed E-state index contributed by atoms with van der Waals surface area (Å²) in [6, 6.07) is 7.01. The first-order chi connectivity index (χ1) is 12.5. The molecule has 2 aliphatic carbocycles. The molecule has 2 aliphatic rings. The number of hydrogen-bond donors (Lipinski definition) is 0. The summed E-state index contributed by atoms with van der Waals surface area (Å²) in [5, 5.41) is 0. The van der Waals surface area contributed by atoms with E-state index >= 15 is 0 Å². The van der Waals surface area contributed by atoms with E-state index in [-0.39, 0.29) is 48.7 Å². The maximum absolute atomic E-state index is 13.3. The summed E-state index contributed by atoms with van der Waals surface area (Å²) in [6.45, 7) is 0. The van der Waals surface area contributed by atoms with Crippen LogP contribution < -0.4 is 0 Å². The molecule has 29 heavy (non-hydrogen) atoms. The van der Waals surface area contributed by atoms with Gasteiger partial charge in [-0.05, 0) is 62.3 Å². The summed E-state index contributed by atoms with van der Waals surface area (Å²) in [4.78, 5) is 0. The summed E-state index contributed by atoms with van der Waals surface area (Å²) >= 11 is 0. The standard InChI is InChI=1S/2C10H12F2N.2CH3.Ti/c2*11-8-3-4-10(9(12)7-8)13-5-1-2-6-13;;;/h2*1-2,5-10H,3-4H2;2*1H3;/q4*-1;+4. The normalized spacial score (nSPS) is 31.2. The maximum Gasteiger partial charge on any atom is 4.00 e. The van der Waals surface area contributed by atoms with Gasteiger partial charge in [-0.3, -0.25) is 30.4 Å². The van der Waals surface area contributed by atoms with Crippen LogP contribution in [0.2, 0.25) is 0 Å². The molecule has 2 fully saturated rings. The molecule has 0 amide bonds. The first-order valence-electron chi connectivity index (χ1n) is 9.06. The zero-order valence-electron chi connectivity index (χ0n) is 17.0. The molecular weight excluding hydrogens is 416 g/mol. The molecule has 2 heterocycles. The van der Waals surface area contributed by atoms with E-state index in [1.54, 1.807) is 0 Å². The van der Waals surface area contributed by atoms with Gasteiger partial charge in [-0.1, -0.05) is 0 Å². The fraction of sp³-hybridized carbons (Fsp3) is 0.455. The topological polar surface area (TPSA) is 9.86 Å². The van der Waals surface area contributed by atoms with E-state index in [4.69, 9.17) is 0 Å². The van der Waals surface area contributed by atoms with Gasteiger partial charge in [0.05, 0.1) is 0 Å². The summed E-state index contributed by atoms with van der Waals surface area (Å²) in [5.41, 5.74) is 0. The molecule has 6 unspecified atom stereocenters. The summed E-state index contributed by atoms with van der Waals surface area (Å²) in [6.07, 6.45) is 7.19. The van der Waals surface area contributed by atoms with Crippen LogP contribution in [0, 0.1) is 27.7 Å². The zero-order valence-corrected chi connectivity index (χ0v) is 18.5. The van der Waals surface area contributed by atoms with Crippen LogP contribution in [-0.4, -0.2) is 33.8 Å². The van der Waals surface area contributed by atoms with Gasteiger partial charge in [0.1, 0.15) is 0 Å². The van der Waals surface area contributed by atoms with Gasteiger partial charge < -0.3 is 24.0 Å². The molecule has 7 heteroatoms. The second-order valence-corrected chi connectivity index (χ2v) is 6.86. The summed E-state index contributed by atoms with van der Waals surface area (Å²) in [5.74, 6) is 0. The van der Waals surface area contributed by atoms with Gasteiger partial charge in [-0.15, -0.1) is 0 Å². The van der Waals surface area contributed by atoms with Crippen LogP contribution in [0.1, 0.15) is 37.8 Å². The van der Waals surface area contributed by atoms with Gasteiger partial charge in [-0.2, -0.15) is 0 Å². The summed E-state index contributed by atoms with van der Waals surface area (Å²) in [7, 11) is 0. The smallest absolute Gasteiger partial charge is 0.358 e. The Hall–Kier alpha value is -1.01. The largest absolute Gasteiger partial charge is 4.00 e. The van der Waals surface area contributed by atoms with Crippen molar-refractivity contribution in [3.05, 3.63) is 76.7 Å². The number of alkyl halides is 4. The van der Waals surface area contributed by atoms with Crippen molar-refractivity contribution in [2.75, 3.05) is 0 Å². The monoisotopic (exact) mass is 446 g/mol. The molecule has 2 aromatic heterocycles. The molecule has 160 valence electrons. The predicted molar refractivity (Wildman–Crippen MR) is 106 cm³/mol. The minimum Gasteiger partial charge on any atom is -0.358 e. The van der Waals surface area contributed by atoms with Crippen molar-refractivity contribution in [1.29, 1.82) is 0 Å². The van der Waals surface area contributed by atoms with E-state index in [1.807, 2.05) is 58.2 Å². The minimum absolute atomic E-state index is 0. The van der Waals surface area contributed by atoms with E-state index in [2.05, 4.69) is 0 Å². The molecule has 2 aromatic rings. The number of aromatic nitrogens is 2. The van der Waals surface area contributed by atoms with Gasteiger partial charge >= 0.3 is 21.7 Å². The van der Waals surface area contributed by atoms with E-state index in [0.717, 1.165) is 12.8 Å². The average molecular weight is 446 g/mol. The summed E-state index contributed by atoms with van der Waals surface area (Å²) < 4.78 is 55.8. The molecule has 2 saturated carbocycles. The van der Waals surface area contributed by atoms with Crippen LogP contribution in [0.3, 0.4) is 0 Å². The number of nitrogens with zero attached hydrogens (tertiary/aromatic N) is 2. The van der Waals surface area contributed by atoms with E-state index in [9.17, 15) is 17.6 Å². The maximum atomic E-state index is 13.3. The Morgan fingerprint density at radius 3 is 1.17 bits per heavy atom. The zero-order chi connectivity index (χ0) is 18.5. The number of halogens is 4. The second kappa shape index (κ2) is 13.3. The molecule has 0 N–H and O–H groups in total. The predicted octanol–water partition coefficient (Wildman–Crippen LogP) is 6.31. The van der Waals surface area contributed by atoms with Crippen LogP contribution >= 0.6 is 0 Å². The minimum atomic E-state index is -1.16. The molecule has 4 rings (SSSR count). The van der Waals surface area contributed by atoms with Gasteiger partial charge in [-0.25, -0.2) is 0 Å². The van der Waals surface area contributed by atoms with Crippen LogP contribution in [0.4, 0.5) is 17.6 Å². The van der Waals surface area contributed by atoms with Crippen LogP contribution in [0.5, 0.6) is 0 Å². The SMILES string of the molecule is FC1[CH-]C(F)C(n2cccc2)CC1.FC1[CH-]C(F)C(n2cccc2)CC1.[CH3-].[CH3-].[Ti+4]. The van der Waals surface area contributed by atoms with Crippen molar-refractivity contribution >= 4 is 0 Å². The fourth-order valence-electron chi connectivity index (χ4n) is 3.59. The first kappa shape index (κ1) is 28.0. The van der Waals surface area contributed by atoms with Gasteiger partial charge in [0.15, 0.2) is 0 Å². The molecule has 0 radical (unpaired) electrons. The van der Waals surface area contributed by atoms with Crippen molar-refractivity contribution in [2.24, 2.45) is 0 Å². The quantitative estimate of drug-likeness (QED) is 0.291. The van der Waals surface area contributed by atoms with Crippen molar-refractivity contribution < 1.29 is 39.3 Å². The molecule has 0 saturated heterocycles. The van der Waals surface area contributed by atoms with Crippen LogP contribution in [-0.2, 0) is 21.7 Å². The first-order valence-corrected chi connectivity index (χ1v) is 9.06. The Morgan fingerprint density at radius 1 is 0.586 bits per heavy atom. The van der Waals surface area contributed by atoms with Crippen molar-refractivity contribution in [1.82, 2.24) is 9.13 Å². The number of rotatable bonds is 2. The van der Waals surface area contributed by atoms with Gasteiger partial charge in [0.25, 0.3) is 0 Å². The Morgan fingerprint density at radius 2 is 0.897 bits per heavy atom. The molecule has 6 atom stereocenters. The van der Waals surface area contributed by atoms with E-state index in [0.29, 0.717) is 25.7 Å². The second-order valence-electron chi connectivity index (χ2n) is 6.86. The van der Waals surface area contributed by atoms with Crippen molar-refractivity contribution in [3.8, 4) is 0 Å². The third kappa shape index (κ3) is 7.64. The average Bonchev–Trinajstić information content (AvgIpc) is 3.29. The van der Waals surface area contributed by atoms with Crippen LogP contribution in [0.25, 0.3) is 0 Å². The molecule has 0 spiro atoms. The van der Waals surface area contributed by atoms with Gasteiger partial charge in [0.2, 0.25) is 0 Å². The Kier molecular flexibility index (Phi) is 12.9. The third-order valence-electron chi connectivity index (χ3n) is 5.02. The molecule has 0 aromatic carbocycles. The molecule has 0 aliphatic heterocycles. The Bertz CT molecular complexity index is 579. The Balaban J connectivity index is 0.000000490. The molecule has 0 bridgehead atoms. The van der Waals surface area contributed by atoms with E-state index in [1.165, 1.54) is 0 Å². The van der Waals surface area contributed by atoms with Gasteiger partial charge in [0, 0.05) is 49.2 Å². The van der Waals surface area contributed by atoms with Crippen LogP contribution in [0.15, 0.2) is 49.1 Å². The fourth-order valence-corrected chi connectivity index (χ4v) is 3.59. The molecular formula is C22H30F4N2Ti. The van der Waals surface area contributed by atoms with Crippen molar-refractivity contribution in [3.63, 3.8) is 0 Å². The third-order valence-corrected chi connectivity index (χ3v) is 5.02. The van der Waals surface area contributed by atoms with E-state index < -0.39 is 24.7 Å².